The Bertz CT molecular complexity index is 1780. The van der Waals surface area contributed by atoms with Crippen LogP contribution in [-0.2, 0) is 7.05 Å². The second kappa shape index (κ2) is 10.6. The summed E-state index contributed by atoms with van der Waals surface area (Å²) >= 11 is 0. The van der Waals surface area contributed by atoms with Gasteiger partial charge in [-0.05, 0) is 61.7 Å². The van der Waals surface area contributed by atoms with Gasteiger partial charge in [0, 0.05) is 11.6 Å². The highest BCUT2D eigenvalue weighted by Crippen LogP contribution is 2.37. The van der Waals surface area contributed by atoms with E-state index in [1.165, 1.54) is 54.3 Å². The van der Waals surface area contributed by atoms with Gasteiger partial charge in [0.1, 0.15) is 7.05 Å². The quantitative estimate of drug-likeness (QED) is 0.119. The van der Waals surface area contributed by atoms with Gasteiger partial charge < -0.3 is 0 Å². The number of hydrogen-bond donors (Lipinski definition) is 0. The zero-order chi connectivity index (χ0) is 28.6. The van der Waals surface area contributed by atoms with E-state index in [-0.39, 0.29) is 5.04 Å². The summed E-state index contributed by atoms with van der Waals surface area (Å²) < 4.78 is 2.27. The van der Waals surface area contributed by atoms with Crippen LogP contribution >= 0.6 is 0 Å². The molecule has 0 saturated carbocycles. The van der Waals surface area contributed by atoms with E-state index in [0.29, 0.717) is 0 Å². The molecule has 0 aliphatic rings. The smallest absolute Gasteiger partial charge is 0.200 e. The molecule has 6 aromatic rings. The highest BCUT2D eigenvalue weighted by molar-refractivity contribution is 7.13. The number of nitrogens with zero attached hydrogens (tertiary/aromatic N) is 1. The van der Waals surface area contributed by atoms with Crippen LogP contribution in [0.2, 0.25) is 5.04 Å². The fourth-order valence-electron chi connectivity index (χ4n) is 6.86. The van der Waals surface area contributed by atoms with E-state index in [9.17, 15) is 0 Å². The van der Waals surface area contributed by atoms with Crippen molar-refractivity contribution in [3.8, 4) is 22.4 Å². The van der Waals surface area contributed by atoms with Crippen LogP contribution in [0.25, 0.3) is 33.2 Å². The number of aryl methyl sites for hydroxylation is 2. The largest absolute Gasteiger partial charge is 0.220 e. The van der Waals surface area contributed by atoms with Crippen LogP contribution in [0, 0.1) is 6.92 Å². The molecule has 0 aliphatic carbocycles. The van der Waals surface area contributed by atoms with Crippen molar-refractivity contribution in [1.82, 2.24) is 0 Å². The molecular weight excluding hydrogens is 511 g/mol. The number of rotatable bonds is 5. The molecule has 1 aromatic heterocycles. The number of benzene rings is 5. The van der Waals surface area contributed by atoms with Crippen LogP contribution in [-0.4, -0.2) is 8.07 Å². The third-order valence-corrected chi connectivity index (χ3v) is 14.5. The number of fused-ring (bicyclic) bond motifs is 1. The van der Waals surface area contributed by atoms with Crippen molar-refractivity contribution in [2.24, 2.45) is 7.05 Å². The van der Waals surface area contributed by atoms with E-state index in [1.54, 1.807) is 0 Å². The Morgan fingerprint density at radius 2 is 1.15 bits per heavy atom. The van der Waals surface area contributed by atoms with Gasteiger partial charge in [0.05, 0.1) is 5.39 Å². The molecule has 202 valence electrons. The molecule has 0 aliphatic heterocycles. The van der Waals surface area contributed by atoms with Crippen molar-refractivity contribution >= 4 is 34.4 Å². The van der Waals surface area contributed by atoms with Crippen LogP contribution in [0.15, 0.2) is 140 Å². The number of hydrogen-bond acceptors (Lipinski definition) is 0. The average Bonchev–Trinajstić information content (AvgIpc) is 2.99. The van der Waals surface area contributed by atoms with Crippen LogP contribution in [0.4, 0.5) is 0 Å². The second-order valence-corrected chi connectivity index (χ2v) is 16.9. The van der Waals surface area contributed by atoms with Gasteiger partial charge >= 0.3 is 0 Å². The molecule has 0 atom stereocenters. The van der Waals surface area contributed by atoms with Gasteiger partial charge in [0.2, 0.25) is 5.69 Å². The maximum Gasteiger partial charge on any atom is 0.220 e. The first-order valence-electron chi connectivity index (χ1n) is 14.5. The maximum absolute atomic E-state index is 2.49. The Kier molecular flexibility index (Phi) is 6.97. The minimum Gasteiger partial charge on any atom is -0.200 e. The predicted molar refractivity (Wildman–Crippen MR) is 178 cm³/mol. The SMILES string of the molecule is Cc1cc(-c2ccccc2)ccc1-c1c2ccc([Si](c3ccccc3)(c3ccccc3)C(C)(C)C)cc2cc[n+]1C. The van der Waals surface area contributed by atoms with E-state index < -0.39 is 8.07 Å². The molecular formula is C39H38NSi+. The summed E-state index contributed by atoms with van der Waals surface area (Å²) in [5.74, 6) is 0. The molecule has 5 aromatic carbocycles. The van der Waals surface area contributed by atoms with Crippen molar-refractivity contribution in [2.75, 3.05) is 0 Å². The Hall–Kier alpha value is -4.27. The molecule has 0 radical (unpaired) electrons. The van der Waals surface area contributed by atoms with E-state index in [0.717, 1.165) is 0 Å². The van der Waals surface area contributed by atoms with Crippen molar-refractivity contribution < 1.29 is 4.57 Å². The normalized spacial score (nSPS) is 12.0. The number of aromatic nitrogens is 1. The molecule has 0 N–H and O–H groups in total. The lowest BCUT2D eigenvalue weighted by Crippen LogP contribution is -2.72. The summed E-state index contributed by atoms with van der Waals surface area (Å²) in [6, 6.07) is 49.6. The zero-order valence-electron chi connectivity index (χ0n) is 24.7. The molecule has 0 fully saturated rings. The molecule has 0 bridgehead atoms. The van der Waals surface area contributed by atoms with Gasteiger partial charge in [-0.1, -0.05) is 136 Å². The third kappa shape index (κ3) is 4.63. The summed E-state index contributed by atoms with van der Waals surface area (Å²) in [5.41, 5.74) is 6.32. The highest BCUT2D eigenvalue weighted by atomic mass is 28.3. The van der Waals surface area contributed by atoms with Crippen LogP contribution in [0.5, 0.6) is 0 Å². The van der Waals surface area contributed by atoms with Crippen LogP contribution in [0.1, 0.15) is 26.3 Å². The summed E-state index contributed by atoms with van der Waals surface area (Å²) in [6.45, 7) is 9.52. The van der Waals surface area contributed by atoms with Gasteiger partial charge in [-0.25, -0.2) is 4.57 Å². The molecule has 6 rings (SSSR count). The van der Waals surface area contributed by atoms with Gasteiger partial charge in [0.25, 0.3) is 0 Å². The van der Waals surface area contributed by atoms with Gasteiger partial charge in [-0.3, -0.25) is 0 Å². The summed E-state index contributed by atoms with van der Waals surface area (Å²) in [4.78, 5) is 0. The first-order valence-corrected chi connectivity index (χ1v) is 16.5. The fraction of sp³-hybridized carbons (Fsp3) is 0.154. The lowest BCUT2D eigenvalue weighted by Gasteiger charge is -2.44. The van der Waals surface area contributed by atoms with Crippen molar-refractivity contribution in [3.63, 3.8) is 0 Å². The van der Waals surface area contributed by atoms with E-state index in [4.69, 9.17) is 0 Å². The molecule has 0 saturated heterocycles. The standard InChI is InChI=1S/C39H38NSi/c1-29-27-31(30-15-9-6-10-16-30)21-23-36(29)38-37-24-22-35(28-32(37)25-26-40(38)5)41(39(2,3)4,33-17-11-7-12-18-33)34-19-13-8-14-20-34/h6-28H,1-5H3/q+1. The van der Waals surface area contributed by atoms with E-state index >= 15 is 0 Å². The first kappa shape index (κ1) is 26.9. The second-order valence-electron chi connectivity index (χ2n) is 12.2. The lowest BCUT2D eigenvalue weighted by molar-refractivity contribution is -0.659. The summed E-state index contributed by atoms with van der Waals surface area (Å²) in [6.07, 6.45) is 2.22. The van der Waals surface area contributed by atoms with E-state index in [1.807, 2.05) is 0 Å². The third-order valence-electron chi connectivity index (χ3n) is 8.70. The van der Waals surface area contributed by atoms with Crippen molar-refractivity contribution in [3.05, 3.63) is 145 Å². The van der Waals surface area contributed by atoms with Crippen molar-refractivity contribution in [2.45, 2.75) is 32.7 Å². The monoisotopic (exact) mass is 548 g/mol. The molecule has 1 heterocycles. The van der Waals surface area contributed by atoms with Gasteiger partial charge in [0.15, 0.2) is 14.3 Å². The minimum atomic E-state index is -2.42. The Morgan fingerprint density at radius 3 is 1.71 bits per heavy atom. The van der Waals surface area contributed by atoms with Crippen molar-refractivity contribution in [1.29, 1.82) is 0 Å². The van der Waals surface area contributed by atoms with Gasteiger partial charge in [-0.2, -0.15) is 0 Å². The molecule has 1 nitrogen and oxygen atoms in total. The minimum absolute atomic E-state index is 0.0511. The van der Waals surface area contributed by atoms with Crippen LogP contribution < -0.4 is 20.1 Å². The topological polar surface area (TPSA) is 3.88 Å². The first-order chi connectivity index (χ1) is 19.8. The maximum atomic E-state index is 2.49. The molecule has 0 spiro atoms. The Labute approximate surface area is 245 Å². The van der Waals surface area contributed by atoms with Crippen LogP contribution in [0.3, 0.4) is 0 Å². The Balaban J connectivity index is 1.57. The summed E-state index contributed by atoms with van der Waals surface area (Å²) in [5, 5.41) is 6.97. The summed E-state index contributed by atoms with van der Waals surface area (Å²) in [7, 11) is -0.254. The molecule has 0 amide bonds. The lowest BCUT2D eigenvalue weighted by atomic mass is 9.95. The number of pyridine rings is 1. The molecule has 41 heavy (non-hydrogen) atoms. The molecule has 0 unspecified atom stereocenters. The zero-order valence-corrected chi connectivity index (χ0v) is 25.7. The average molecular weight is 549 g/mol. The highest BCUT2D eigenvalue weighted by Gasteiger charge is 2.49. The fourth-order valence-corrected chi connectivity index (χ4v) is 12.5. The molecule has 2 heteroatoms. The van der Waals surface area contributed by atoms with Gasteiger partial charge in [-0.15, -0.1) is 0 Å². The van der Waals surface area contributed by atoms with E-state index in [2.05, 4.69) is 179 Å². The Morgan fingerprint density at radius 1 is 0.561 bits per heavy atom. The predicted octanol–water partition coefficient (Wildman–Crippen LogP) is 7.58.